The zero-order chi connectivity index (χ0) is 36.4. The molecular weight excluding hydrogens is 647 g/mol. The number of carbonyl (C=O) groups excluding carboxylic acids is 1. The molecule has 1 atom stereocenters. The van der Waals surface area contributed by atoms with Crippen LogP contribution in [0.25, 0.3) is 0 Å². The Morgan fingerprint density at radius 3 is 1.83 bits per heavy atom. The summed E-state index contributed by atoms with van der Waals surface area (Å²) in [5, 5.41) is 20.4. The molecule has 1 aromatic heterocycles. The molecule has 52 heavy (non-hydrogen) atoms. The normalized spacial score (nSPS) is 15.7. The number of unbranched alkanes of at least 4 members (excludes halogenated alkanes) is 1. The van der Waals surface area contributed by atoms with E-state index >= 15 is 0 Å². The van der Waals surface area contributed by atoms with Gasteiger partial charge in [0.25, 0.3) is 0 Å². The maximum atomic E-state index is 13.0. The van der Waals surface area contributed by atoms with Gasteiger partial charge in [0.1, 0.15) is 0 Å². The van der Waals surface area contributed by atoms with Gasteiger partial charge >= 0.3 is 7.12 Å². The maximum absolute atomic E-state index is 13.0. The Kier molecular flexibility index (Phi) is 12.0. The SMILES string of the molecule is CC1(C)OB(CCCCC(NC(c2ccccc2)(c2ccccc2)c2ccccc2)c2nnnn2CCC(=O)NCCc2ccccc2)OC1(C)C. The highest BCUT2D eigenvalue weighted by atomic mass is 16.7. The fourth-order valence-electron chi connectivity index (χ4n) is 6.99. The molecule has 0 spiro atoms. The molecule has 10 heteroatoms. The number of carbonyl (C=O) groups is 1. The van der Waals surface area contributed by atoms with Crippen LogP contribution in [0.4, 0.5) is 0 Å². The lowest BCUT2D eigenvalue weighted by Crippen LogP contribution is -2.47. The fraction of sp³-hybridized carbons (Fsp3) is 0.381. The number of aromatic nitrogens is 4. The Morgan fingerprint density at radius 1 is 0.769 bits per heavy atom. The van der Waals surface area contributed by atoms with Crippen LogP contribution in [0, 0.1) is 0 Å². The third-order valence-electron chi connectivity index (χ3n) is 10.5. The summed E-state index contributed by atoms with van der Waals surface area (Å²) in [5.74, 6) is 0.663. The number of nitrogens with zero attached hydrogens (tertiary/aromatic N) is 4. The van der Waals surface area contributed by atoms with Crippen molar-refractivity contribution in [1.29, 1.82) is 0 Å². The molecule has 1 fully saturated rings. The number of aryl methyl sites for hydroxylation is 1. The molecule has 2 heterocycles. The van der Waals surface area contributed by atoms with Crippen molar-refractivity contribution in [1.82, 2.24) is 30.8 Å². The molecule has 1 saturated heterocycles. The predicted octanol–water partition coefficient (Wildman–Crippen LogP) is 7.31. The van der Waals surface area contributed by atoms with Crippen molar-refractivity contribution in [2.24, 2.45) is 0 Å². The van der Waals surface area contributed by atoms with Crippen LogP contribution < -0.4 is 10.6 Å². The summed E-state index contributed by atoms with van der Waals surface area (Å²) in [4.78, 5) is 13.0. The van der Waals surface area contributed by atoms with Gasteiger partial charge in [-0.2, -0.15) is 0 Å². The number of rotatable bonds is 17. The smallest absolute Gasteiger partial charge is 0.403 e. The van der Waals surface area contributed by atoms with Gasteiger partial charge in [-0.3, -0.25) is 10.1 Å². The molecule has 1 amide bonds. The summed E-state index contributed by atoms with van der Waals surface area (Å²) in [5.41, 5.74) is 3.05. The number of nitrogens with one attached hydrogen (secondary N) is 2. The van der Waals surface area contributed by atoms with E-state index in [2.05, 4.69) is 139 Å². The van der Waals surface area contributed by atoms with Crippen LogP contribution in [0.1, 0.15) is 87.5 Å². The van der Waals surface area contributed by atoms with Crippen molar-refractivity contribution >= 4 is 13.0 Å². The predicted molar refractivity (Wildman–Crippen MR) is 205 cm³/mol. The van der Waals surface area contributed by atoms with Crippen LogP contribution in [0.15, 0.2) is 121 Å². The van der Waals surface area contributed by atoms with Crippen molar-refractivity contribution in [3.05, 3.63) is 149 Å². The highest BCUT2D eigenvalue weighted by Gasteiger charge is 2.50. The highest BCUT2D eigenvalue weighted by Crippen LogP contribution is 2.41. The minimum Gasteiger partial charge on any atom is -0.403 e. The zero-order valence-corrected chi connectivity index (χ0v) is 30.9. The number of hydrogen-bond acceptors (Lipinski definition) is 7. The molecule has 2 N–H and O–H groups in total. The Morgan fingerprint density at radius 2 is 1.29 bits per heavy atom. The number of hydrogen-bond donors (Lipinski definition) is 2. The molecule has 270 valence electrons. The average Bonchev–Trinajstić information content (AvgIpc) is 3.71. The van der Waals surface area contributed by atoms with E-state index in [1.54, 1.807) is 4.68 Å². The van der Waals surface area contributed by atoms with Crippen molar-refractivity contribution < 1.29 is 14.1 Å². The Labute approximate surface area is 308 Å². The molecule has 0 bridgehead atoms. The summed E-state index contributed by atoms with van der Waals surface area (Å²) in [7, 11) is -0.251. The highest BCUT2D eigenvalue weighted by molar-refractivity contribution is 6.45. The molecule has 5 aromatic rings. The minimum absolute atomic E-state index is 0.0310. The van der Waals surface area contributed by atoms with Gasteiger partial charge < -0.3 is 14.6 Å². The molecular formula is C42H51BN6O3. The molecule has 0 saturated carbocycles. The van der Waals surface area contributed by atoms with Crippen LogP contribution in [0.3, 0.4) is 0 Å². The Bertz CT molecular complexity index is 1720. The van der Waals surface area contributed by atoms with Gasteiger partial charge in [0.15, 0.2) is 5.82 Å². The topological polar surface area (TPSA) is 103 Å². The summed E-state index contributed by atoms with van der Waals surface area (Å²) in [6.07, 6.45) is 4.36. The second-order valence-electron chi connectivity index (χ2n) is 14.6. The second-order valence-corrected chi connectivity index (χ2v) is 14.6. The second kappa shape index (κ2) is 16.8. The van der Waals surface area contributed by atoms with E-state index in [1.807, 2.05) is 36.4 Å². The largest absolute Gasteiger partial charge is 0.457 e. The molecule has 0 radical (unpaired) electrons. The fourth-order valence-corrected chi connectivity index (χ4v) is 6.99. The maximum Gasteiger partial charge on any atom is 0.457 e. The third kappa shape index (κ3) is 8.69. The summed E-state index contributed by atoms with van der Waals surface area (Å²) >= 11 is 0. The quantitative estimate of drug-likeness (QED) is 0.0597. The molecule has 9 nitrogen and oxygen atoms in total. The lowest BCUT2D eigenvalue weighted by Gasteiger charge is -2.40. The molecule has 6 rings (SSSR count). The van der Waals surface area contributed by atoms with Crippen LogP contribution in [0.5, 0.6) is 0 Å². The average molecular weight is 699 g/mol. The zero-order valence-electron chi connectivity index (χ0n) is 30.9. The van der Waals surface area contributed by atoms with Crippen LogP contribution in [-0.2, 0) is 32.6 Å². The summed E-state index contributed by atoms with van der Waals surface area (Å²) in [6.45, 7) is 9.30. The molecule has 1 unspecified atom stereocenters. The summed E-state index contributed by atoms with van der Waals surface area (Å²) < 4.78 is 14.4. The summed E-state index contributed by atoms with van der Waals surface area (Å²) in [6, 6.07) is 41.6. The Balaban J connectivity index is 1.26. The first-order valence-electron chi connectivity index (χ1n) is 18.5. The van der Waals surface area contributed by atoms with E-state index in [-0.39, 0.29) is 36.7 Å². The first kappa shape index (κ1) is 37.1. The lowest BCUT2D eigenvalue weighted by atomic mass is 9.76. The van der Waals surface area contributed by atoms with Crippen molar-refractivity contribution in [3.8, 4) is 0 Å². The first-order chi connectivity index (χ1) is 25.2. The van der Waals surface area contributed by atoms with Gasteiger partial charge in [-0.05, 0) is 79.5 Å². The van der Waals surface area contributed by atoms with Crippen molar-refractivity contribution in [2.45, 2.75) is 95.4 Å². The van der Waals surface area contributed by atoms with Crippen LogP contribution in [0.2, 0.25) is 6.32 Å². The Hall–Kier alpha value is -4.64. The van der Waals surface area contributed by atoms with Gasteiger partial charge in [-0.25, -0.2) is 4.68 Å². The van der Waals surface area contributed by atoms with Gasteiger partial charge in [0.05, 0.1) is 29.3 Å². The standard InChI is InChI=1S/C42H51BN6O3/c1-40(2)41(3,4)52-43(51-40)30-18-17-27-37(39-46-47-48-49(39)32-29-38(50)44-31-28-33-19-9-5-10-20-33)45-42(34-21-11-6-12-22-34,35-23-13-7-14-24-35)36-25-15-8-16-26-36/h5-16,19-26,37,45H,17-18,27-32H2,1-4H3,(H,44,50). The molecule has 1 aliphatic heterocycles. The van der Waals surface area contributed by atoms with Crippen molar-refractivity contribution in [3.63, 3.8) is 0 Å². The lowest BCUT2D eigenvalue weighted by molar-refractivity contribution is -0.121. The molecule has 1 aliphatic rings. The minimum atomic E-state index is -0.730. The molecule has 0 aliphatic carbocycles. The van der Waals surface area contributed by atoms with Crippen LogP contribution in [-0.4, -0.2) is 51.0 Å². The van der Waals surface area contributed by atoms with Gasteiger partial charge in [-0.15, -0.1) is 5.10 Å². The van der Waals surface area contributed by atoms with Gasteiger partial charge in [0, 0.05) is 13.0 Å². The molecule has 4 aromatic carbocycles. The number of tetrazole rings is 1. The van der Waals surface area contributed by atoms with Crippen molar-refractivity contribution in [2.75, 3.05) is 6.54 Å². The monoisotopic (exact) mass is 698 g/mol. The third-order valence-corrected chi connectivity index (χ3v) is 10.5. The number of amides is 1. The van der Waals surface area contributed by atoms with Gasteiger partial charge in [-0.1, -0.05) is 134 Å². The van der Waals surface area contributed by atoms with E-state index < -0.39 is 5.54 Å². The first-order valence-corrected chi connectivity index (χ1v) is 18.5. The van der Waals surface area contributed by atoms with E-state index in [4.69, 9.17) is 9.31 Å². The van der Waals surface area contributed by atoms with Gasteiger partial charge in [0.2, 0.25) is 5.91 Å². The van der Waals surface area contributed by atoms with E-state index in [1.165, 1.54) is 5.56 Å². The van der Waals surface area contributed by atoms with E-state index in [0.717, 1.165) is 48.7 Å². The number of benzene rings is 4. The van der Waals surface area contributed by atoms with E-state index in [9.17, 15) is 4.79 Å². The van der Waals surface area contributed by atoms with E-state index in [0.29, 0.717) is 18.9 Å². The van der Waals surface area contributed by atoms with Crippen LogP contribution >= 0.6 is 0 Å².